The van der Waals surface area contributed by atoms with E-state index in [1.54, 1.807) is 0 Å². The first-order chi connectivity index (χ1) is 5.20. The summed E-state index contributed by atoms with van der Waals surface area (Å²) in [6.45, 7) is 0.545. The van der Waals surface area contributed by atoms with Crippen LogP contribution in [0, 0.1) is 0 Å². The van der Waals surface area contributed by atoms with Gasteiger partial charge < -0.3 is 24.2 Å². The third-order valence-corrected chi connectivity index (χ3v) is 1.91. The minimum absolute atomic E-state index is 0.0415. The Morgan fingerprint density at radius 2 is 2.27 bits per heavy atom. The van der Waals surface area contributed by atoms with Crippen molar-refractivity contribution >= 4 is 8.60 Å². The van der Waals surface area contributed by atoms with Crippen LogP contribution in [0.2, 0.25) is 0 Å². The second kappa shape index (κ2) is 4.30. The highest BCUT2D eigenvalue weighted by Crippen LogP contribution is 2.26. The molecule has 1 heterocycles. The molecule has 1 aliphatic rings. The van der Waals surface area contributed by atoms with E-state index >= 15 is 0 Å². The first-order valence-corrected chi connectivity index (χ1v) is 4.47. The molecular formula is C5H11O5P. The molecule has 66 valence electrons. The molecule has 6 heteroatoms. The molecule has 2 atom stereocenters. The number of rotatable bonds is 3. The number of ether oxygens (including phenoxy) is 1. The fraction of sp³-hybridized carbons (Fsp3) is 1.00. The second-order valence-electron chi connectivity index (χ2n) is 2.31. The van der Waals surface area contributed by atoms with Crippen molar-refractivity contribution in [3.8, 4) is 0 Å². The van der Waals surface area contributed by atoms with Gasteiger partial charge in [0.05, 0.1) is 12.7 Å². The minimum Gasteiger partial charge on any atom is -0.390 e. The van der Waals surface area contributed by atoms with Crippen molar-refractivity contribution < 1.29 is 24.2 Å². The van der Waals surface area contributed by atoms with Crippen LogP contribution >= 0.6 is 8.60 Å². The van der Waals surface area contributed by atoms with Gasteiger partial charge in [-0.2, -0.15) is 0 Å². The molecule has 11 heavy (non-hydrogen) atoms. The minimum atomic E-state index is -2.33. The fourth-order valence-corrected chi connectivity index (χ4v) is 1.22. The molecule has 0 radical (unpaired) electrons. The summed E-state index contributed by atoms with van der Waals surface area (Å²) in [5.74, 6) is 0. The SMILES string of the molecule is O[C@H]1CCO[C@@H]1COP(O)O. The Morgan fingerprint density at radius 1 is 1.55 bits per heavy atom. The highest BCUT2D eigenvalue weighted by molar-refractivity contribution is 7.39. The van der Waals surface area contributed by atoms with Gasteiger partial charge in [0.15, 0.2) is 0 Å². The quantitative estimate of drug-likeness (QED) is 0.506. The van der Waals surface area contributed by atoms with E-state index in [-0.39, 0.29) is 6.61 Å². The maximum atomic E-state index is 9.14. The lowest BCUT2D eigenvalue weighted by molar-refractivity contribution is 0.00823. The van der Waals surface area contributed by atoms with Crippen molar-refractivity contribution in [3.63, 3.8) is 0 Å². The number of hydrogen-bond donors (Lipinski definition) is 3. The Morgan fingerprint density at radius 3 is 2.73 bits per heavy atom. The van der Waals surface area contributed by atoms with Crippen molar-refractivity contribution in [2.75, 3.05) is 13.2 Å². The lowest BCUT2D eigenvalue weighted by atomic mass is 10.2. The van der Waals surface area contributed by atoms with Crippen LogP contribution in [0.5, 0.6) is 0 Å². The fourth-order valence-electron chi connectivity index (χ4n) is 0.936. The van der Waals surface area contributed by atoms with Crippen LogP contribution in [0.25, 0.3) is 0 Å². The van der Waals surface area contributed by atoms with E-state index < -0.39 is 20.8 Å². The first kappa shape index (κ1) is 9.32. The summed E-state index contributed by atoms with van der Waals surface area (Å²) in [5, 5.41) is 9.14. The smallest absolute Gasteiger partial charge is 0.327 e. The zero-order chi connectivity index (χ0) is 8.27. The van der Waals surface area contributed by atoms with Gasteiger partial charge in [0.1, 0.15) is 6.10 Å². The predicted molar refractivity (Wildman–Crippen MR) is 37.7 cm³/mol. The van der Waals surface area contributed by atoms with Gasteiger partial charge in [0.2, 0.25) is 0 Å². The Hall–Kier alpha value is 0.230. The molecule has 0 aromatic heterocycles. The van der Waals surface area contributed by atoms with Gasteiger partial charge in [0, 0.05) is 6.61 Å². The number of aliphatic hydroxyl groups is 1. The van der Waals surface area contributed by atoms with E-state index in [4.69, 9.17) is 19.6 Å². The van der Waals surface area contributed by atoms with Crippen LogP contribution in [0.1, 0.15) is 6.42 Å². The molecule has 0 aromatic carbocycles. The largest absolute Gasteiger partial charge is 0.390 e. The number of hydrogen-bond acceptors (Lipinski definition) is 5. The van der Waals surface area contributed by atoms with E-state index in [0.29, 0.717) is 13.0 Å². The summed E-state index contributed by atoms with van der Waals surface area (Å²) < 4.78 is 9.52. The van der Waals surface area contributed by atoms with Gasteiger partial charge in [-0.25, -0.2) is 0 Å². The summed E-state index contributed by atoms with van der Waals surface area (Å²) in [6.07, 6.45) is -0.354. The van der Waals surface area contributed by atoms with E-state index in [1.807, 2.05) is 0 Å². The summed E-state index contributed by atoms with van der Waals surface area (Å²) >= 11 is 0. The molecule has 0 saturated carbocycles. The Bertz CT molecular complexity index is 119. The topological polar surface area (TPSA) is 79.2 Å². The van der Waals surface area contributed by atoms with Crippen LogP contribution in [0.4, 0.5) is 0 Å². The Balaban J connectivity index is 2.15. The third-order valence-electron chi connectivity index (χ3n) is 1.53. The molecule has 3 N–H and O–H groups in total. The van der Waals surface area contributed by atoms with Crippen molar-refractivity contribution in [2.24, 2.45) is 0 Å². The highest BCUT2D eigenvalue weighted by atomic mass is 31.2. The maximum absolute atomic E-state index is 9.14. The summed E-state index contributed by atoms with van der Waals surface area (Å²) in [7, 11) is -2.33. The molecule has 0 spiro atoms. The van der Waals surface area contributed by atoms with Crippen LogP contribution < -0.4 is 0 Å². The van der Waals surface area contributed by atoms with Crippen LogP contribution in [-0.2, 0) is 9.26 Å². The van der Waals surface area contributed by atoms with Gasteiger partial charge >= 0.3 is 8.60 Å². The zero-order valence-electron chi connectivity index (χ0n) is 5.88. The van der Waals surface area contributed by atoms with Gasteiger partial charge in [-0.3, -0.25) is 0 Å². The van der Waals surface area contributed by atoms with Gasteiger partial charge in [-0.1, -0.05) is 0 Å². The monoisotopic (exact) mass is 182 g/mol. The van der Waals surface area contributed by atoms with Crippen molar-refractivity contribution in [1.29, 1.82) is 0 Å². The van der Waals surface area contributed by atoms with E-state index in [1.165, 1.54) is 0 Å². The average Bonchev–Trinajstić information content (AvgIpc) is 2.31. The second-order valence-corrected chi connectivity index (χ2v) is 3.08. The van der Waals surface area contributed by atoms with Crippen LogP contribution in [0.15, 0.2) is 0 Å². The molecule has 0 aromatic rings. The Labute approximate surface area is 65.6 Å². The normalized spacial score (nSPS) is 31.6. The summed E-state index contributed by atoms with van der Waals surface area (Å²) in [5.41, 5.74) is 0. The zero-order valence-corrected chi connectivity index (χ0v) is 6.78. The molecule has 1 rings (SSSR count). The van der Waals surface area contributed by atoms with Gasteiger partial charge in [-0.15, -0.1) is 0 Å². The Kier molecular flexibility index (Phi) is 3.65. The van der Waals surface area contributed by atoms with Crippen LogP contribution in [-0.4, -0.2) is 40.3 Å². The van der Waals surface area contributed by atoms with E-state index in [0.717, 1.165) is 0 Å². The maximum Gasteiger partial charge on any atom is 0.327 e. The molecule has 0 amide bonds. The standard InChI is InChI=1S/C5H11O5P/c6-4-1-2-9-5(4)3-10-11(7)8/h4-8H,1-3H2/t4-,5+/m0/s1. The van der Waals surface area contributed by atoms with Crippen molar-refractivity contribution in [3.05, 3.63) is 0 Å². The molecule has 1 saturated heterocycles. The lowest BCUT2D eigenvalue weighted by Gasteiger charge is -2.13. The van der Waals surface area contributed by atoms with Crippen molar-refractivity contribution in [2.45, 2.75) is 18.6 Å². The predicted octanol–water partition coefficient (Wildman–Crippen LogP) is -0.636. The van der Waals surface area contributed by atoms with Gasteiger partial charge in [0.25, 0.3) is 0 Å². The molecule has 0 aliphatic carbocycles. The highest BCUT2D eigenvalue weighted by Gasteiger charge is 2.26. The number of aliphatic hydroxyl groups excluding tert-OH is 1. The van der Waals surface area contributed by atoms with Crippen molar-refractivity contribution in [1.82, 2.24) is 0 Å². The molecule has 1 fully saturated rings. The summed E-state index contributed by atoms with van der Waals surface area (Å²) in [4.78, 5) is 16.7. The molecule has 0 unspecified atom stereocenters. The molecule has 5 nitrogen and oxygen atoms in total. The molecule has 0 bridgehead atoms. The van der Waals surface area contributed by atoms with E-state index in [2.05, 4.69) is 4.52 Å². The van der Waals surface area contributed by atoms with Gasteiger partial charge in [-0.05, 0) is 6.42 Å². The van der Waals surface area contributed by atoms with E-state index in [9.17, 15) is 0 Å². The van der Waals surface area contributed by atoms with Crippen LogP contribution in [0.3, 0.4) is 0 Å². The lowest BCUT2D eigenvalue weighted by Crippen LogP contribution is -2.25. The average molecular weight is 182 g/mol. The third kappa shape index (κ3) is 2.99. The summed E-state index contributed by atoms with van der Waals surface area (Å²) in [6, 6.07) is 0. The molecular weight excluding hydrogens is 171 g/mol. The first-order valence-electron chi connectivity index (χ1n) is 3.30. The molecule has 1 aliphatic heterocycles.